The van der Waals surface area contributed by atoms with Crippen molar-refractivity contribution >= 4 is 33.6 Å². The molecular formula is C77H138O16P2. The first kappa shape index (κ1) is 91.7. The Morgan fingerprint density at radius 2 is 0.558 bits per heavy atom. The van der Waals surface area contributed by atoms with Gasteiger partial charge in [-0.25, -0.2) is 9.13 Å². The van der Waals surface area contributed by atoms with Crippen molar-refractivity contribution < 1.29 is 75.8 Å². The third-order valence-electron chi connectivity index (χ3n) is 16.1. The zero-order valence-electron chi connectivity index (χ0n) is 60.1. The van der Waals surface area contributed by atoms with Gasteiger partial charge in [-0.3, -0.25) is 32.5 Å². The number of hydrogen-bond acceptors (Lipinski definition) is 14. The Labute approximate surface area is 578 Å². The van der Waals surface area contributed by atoms with E-state index in [0.29, 0.717) is 19.3 Å². The minimum absolute atomic E-state index is 0.104. The molecule has 0 rings (SSSR count). The Bertz CT molecular complexity index is 2070. The van der Waals surface area contributed by atoms with Crippen LogP contribution in [0.15, 0.2) is 85.1 Å². The number of phosphoric acid groups is 2. The molecule has 18 heteroatoms. The first-order valence-electron chi connectivity index (χ1n) is 37.9. The Morgan fingerprint density at radius 3 is 0.905 bits per heavy atom. The normalized spacial score (nSPS) is 14.6. The molecule has 5 atom stereocenters. The van der Waals surface area contributed by atoms with Crippen molar-refractivity contribution in [1.29, 1.82) is 0 Å². The number of rotatable bonds is 72. The van der Waals surface area contributed by atoms with E-state index in [2.05, 4.69) is 106 Å². The molecule has 0 aromatic rings. The summed E-state index contributed by atoms with van der Waals surface area (Å²) in [5.74, 6) is -1.58. The quantitative estimate of drug-likeness (QED) is 0.0146. The minimum Gasteiger partial charge on any atom is -0.463 e. The number of phosphoric ester groups is 2. The van der Waals surface area contributed by atoms with E-state index in [1.807, 2.05) is 0 Å². The number of aliphatic hydroxyl groups is 2. The van der Waals surface area contributed by atoms with Crippen LogP contribution in [0.3, 0.4) is 0 Å². The highest BCUT2D eigenvalue weighted by Crippen LogP contribution is 2.45. The van der Waals surface area contributed by atoms with E-state index in [0.717, 1.165) is 116 Å². The number of aliphatic hydroxyl groups excluding tert-OH is 2. The smallest absolute Gasteiger partial charge is 0.463 e. The third kappa shape index (κ3) is 71.8. The largest absolute Gasteiger partial charge is 0.472 e. The molecule has 95 heavy (non-hydrogen) atoms. The van der Waals surface area contributed by atoms with Crippen LogP contribution < -0.4 is 0 Å². The van der Waals surface area contributed by atoms with Crippen LogP contribution in [0, 0.1) is 0 Å². The van der Waals surface area contributed by atoms with E-state index < -0.39 is 91.5 Å². The van der Waals surface area contributed by atoms with E-state index in [9.17, 15) is 43.5 Å². The average molecular weight is 1380 g/mol. The van der Waals surface area contributed by atoms with Gasteiger partial charge >= 0.3 is 33.6 Å². The van der Waals surface area contributed by atoms with Gasteiger partial charge in [0, 0.05) is 19.3 Å². The van der Waals surface area contributed by atoms with Crippen molar-refractivity contribution in [2.75, 3.05) is 39.6 Å². The van der Waals surface area contributed by atoms with E-state index in [1.165, 1.54) is 154 Å². The van der Waals surface area contributed by atoms with E-state index >= 15 is 0 Å². The summed E-state index contributed by atoms with van der Waals surface area (Å²) in [6.45, 7) is 2.53. The molecule has 0 saturated carbocycles. The zero-order valence-corrected chi connectivity index (χ0v) is 61.9. The van der Waals surface area contributed by atoms with Gasteiger partial charge in [-0.05, 0) is 96.3 Å². The summed E-state index contributed by atoms with van der Waals surface area (Å²) in [7, 11) is -9.77. The van der Waals surface area contributed by atoms with Crippen molar-refractivity contribution in [3.05, 3.63) is 85.1 Å². The molecule has 0 aromatic carbocycles. The van der Waals surface area contributed by atoms with Crippen LogP contribution >= 0.6 is 15.6 Å². The lowest BCUT2D eigenvalue weighted by molar-refractivity contribution is -0.161. The SMILES string of the molecule is CC/C=C\C/C=C\C/C=C\CCCCCCCC(=O)OCC(COP(=O)(O)OCC(O)COP(=O)(O)OCC(O)COC(=O)CCCCCCCCCCCCCCCCCCC/C=C\C/C=C\C/C=C\C/C=C\CCCCC)OC(=O)CCCCCCCCCCCCC. The van der Waals surface area contributed by atoms with Crippen LogP contribution in [0.1, 0.15) is 329 Å². The molecular weight excluding hydrogens is 1240 g/mol. The van der Waals surface area contributed by atoms with Crippen molar-refractivity contribution in [3.63, 3.8) is 0 Å². The second-order valence-electron chi connectivity index (χ2n) is 25.4. The predicted molar refractivity (Wildman–Crippen MR) is 390 cm³/mol. The van der Waals surface area contributed by atoms with Gasteiger partial charge in [-0.2, -0.15) is 0 Å². The number of allylic oxidation sites excluding steroid dienone is 14. The topological polar surface area (TPSA) is 231 Å². The van der Waals surface area contributed by atoms with Crippen LogP contribution in [0.5, 0.6) is 0 Å². The van der Waals surface area contributed by atoms with Gasteiger partial charge < -0.3 is 34.2 Å². The first-order valence-corrected chi connectivity index (χ1v) is 40.9. The van der Waals surface area contributed by atoms with E-state index in [1.54, 1.807) is 0 Å². The zero-order chi connectivity index (χ0) is 69.5. The van der Waals surface area contributed by atoms with Crippen molar-refractivity contribution in [1.82, 2.24) is 0 Å². The molecule has 0 aliphatic heterocycles. The number of ether oxygens (including phenoxy) is 3. The fourth-order valence-electron chi connectivity index (χ4n) is 10.3. The van der Waals surface area contributed by atoms with Crippen LogP contribution in [0.2, 0.25) is 0 Å². The van der Waals surface area contributed by atoms with Crippen LogP contribution in [0.4, 0.5) is 0 Å². The second-order valence-corrected chi connectivity index (χ2v) is 28.3. The van der Waals surface area contributed by atoms with Crippen molar-refractivity contribution in [2.45, 2.75) is 347 Å². The molecule has 16 nitrogen and oxygen atoms in total. The van der Waals surface area contributed by atoms with Gasteiger partial charge in [-0.1, -0.05) is 298 Å². The fourth-order valence-corrected chi connectivity index (χ4v) is 11.9. The molecule has 0 aliphatic carbocycles. The Hall–Kier alpha value is -3.27. The Morgan fingerprint density at radius 1 is 0.305 bits per heavy atom. The lowest BCUT2D eigenvalue weighted by Gasteiger charge is -2.21. The fraction of sp³-hybridized carbons (Fsp3) is 0.779. The lowest BCUT2D eigenvalue weighted by Crippen LogP contribution is -2.30. The highest BCUT2D eigenvalue weighted by Gasteiger charge is 2.29. The third-order valence-corrected chi connectivity index (χ3v) is 18.0. The number of unbranched alkanes of at least 4 members (excludes halogenated alkanes) is 35. The standard InChI is InChI=1S/C77H138O16P2/c1-4-7-10-13-16-19-22-24-26-27-28-29-30-31-32-33-34-35-36-37-38-39-40-41-42-43-45-47-49-51-54-57-60-63-75(80)87-66-72(78)67-89-94(83,84)90-68-73(79)69-91-95(85,86)92-71-74(93-77(82)65-62-59-56-53-48-21-18-15-12-9-6-3)70-88-76(81)64-61-58-55-52-50-46-44-25-23-20-17-14-11-8-5-2/h8,11,16-17,19-20,24-26,28-29,31-32,44,72-74,78-79H,4-7,9-10,12-15,18,21-23,27,30,33-43,45-71H2,1-3H3,(H,83,84)(H,85,86)/b11-8-,19-16-,20-17-,26-24-,29-28-,32-31-,44-25-. The van der Waals surface area contributed by atoms with Gasteiger partial charge in [0.25, 0.3) is 0 Å². The average Bonchev–Trinajstić information content (AvgIpc) is 3.78. The summed E-state index contributed by atoms with van der Waals surface area (Å²) < 4.78 is 60.9. The molecule has 0 saturated heterocycles. The number of carbonyl (C=O) groups excluding carboxylic acids is 3. The summed E-state index contributed by atoms with van der Waals surface area (Å²) in [6.07, 6.45) is 78.1. The Balaban J connectivity index is 4.31. The summed E-state index contributed by atoms with van der Waals surface area (Å²) in [5.41, 5.74) is 0. The van der Waals surface area contributed by atoms with Crippen LogP contribution in [-0.4, -0.2) is 95.9 Å². The monoisotopic (exact) mass is 1380 g/mol. The maximum Gasteiger partial charge on any atom is 0.472 e. The molecule has 0 bridgehead atoms. The van der Waals surface area contributed by atoms with Gasteiger partial charge in [0.2, 0.25) is 0 Å². The minimum atomic E-state index is -4.92. The van der Waals surface area contributed by atoms with E-state index in [-0.39, 0.29) is 19.3 Å². The van der Waals surface area contributed by atoms with Crippen LogP contribution in [-0.2, 0) is 55.8 Å². The molecule has 0 fully saturated rings. The maximum atomic E-state index is 12.9. The molecule has 5 unspecified atom stereocenters. The number of hydrogen-bond donors (Lipinski definition) is 4. The van der Waals surface area contributed by atoms with Gasteiger partial charge in [-0.15, -0.1) is 0 Å². The van der Waals surface area contributed by atoms with Crippen LogP contribution in [0.25, 0.3) is 0 Å². The first-order chi connectivity index (χ1) is 46.2. The molecule has 0 amide bonds. The predicted octanol–water partition coefficient (Wildman–Crippen LogP) is 21.7. The van der Waals surface area contributed by atoms with Crippen molar-refractivity contribution in [3.8, 4) is 0 Å². The molecule has 0 heterocycles. The molecule has 0 radical (unpaired) electrons. The number of esters is 3. The molecule has 552 valence electrons. The summed E-state index contributed by atoms with van der Waals surface area (Å²) >= 11 is 0. The van der Waals surface area contributed by atoms with Crippen molar-refractivity contribution in [2.24, 2.45) is 0 Å². The second kappa shape index (κ2) is 70.6. The summed E-state index contributed by atoms with van der Waals surface area (Å²) in [4.78, 5) is 58.3. The summed E-state index contributed by atoms with van der Waals surface area (Å²) in [5, 5.41) is 20.6. The summed E-state index contributed by atoms with van der Waals surface area (Å²) in [6, 6.07) is 0. The van der Waals surface area contributed by atoms with Gasteiger partial charge in [0.05, 0.1) is 26.4 Å². The highest BCUT2D eigenvalue weighted by molar-refractivity contribution is 7.47. The molecule has 0 spiro atoms. The number of carbonyl (C=O) groups is 3. The molecule has 4 N–H and O–H groups in total. The van der Waals surface area contributed by atoms with Gasteiger partial charge in [0.1, 0.15) is 25.4 Å². The maximum absolute atomic E-state index is 12.9. The van der Waals surface area contributed by atoms with E-state index in [4.69, 9.17) is 32.3 Å². The highest BCUT2D eigenvalue weighted by atomic mass is 31.2. The van der Waals surface area contributed by atoms with Gasteiger partial charge in [0.15, 0.2) is 6.10 Å². The lowest BCUT2D eigenvalue weighted by atomic mass is 10.0. The molecule has 0 aromatic heterocycles. The molecule has 0 aliphatic rings. The Kier molecular flexibility index (Phi) is 68.2.